The molecule has 3 heteroatoms. The predicted molar refractivity (Wildman–Crippen MR) is 50.0 cm³/mol. The fourth-order valence-electron chi connectivity index (χ4n) is 1.02. The topological polar surface area (TPSA) is 29.9 Å². The van der Waals surface area contributed by atoms with Crippen LogP contribution in [-0.4, -0.2) is 16.3 Å². The minimum absolute atomic E-state index is 0.459. The second-order valence-electron chi connectivity index (χ2n) is 3.20. The molecule has 0 saturated carbocycles. The normalized spacial score (nSPS) is 11.0. The van der Waals surface area contributed by atoms with Gasteiger partial charge in [-0.3, -0.25) is 4.68 Å². The summed E-state index contributed by atoms with van der Waals surface area (Å²) in [5, 5.41) is 7.51. The average molecular weight is 167 g/mol. The molecule has 3 nitrogen and oxygen atoms in total. The highest BCUT2D eigenvalue weighted by molar-refractivity contribution is 5.03. The zero-order valence-corrected chi connectivity index (χ0v) is 8.04. The van der Waals surface area contributed by atoms with E-state index >= 15 is 0 Å². The number of nitrogens with zero attached hydrogens (tertiary/aromatic N) is 2. The molecular formula is C9H17N3. The lowest BCUT2D eigenvalue weighted by Crippen LogP contribution is -2.11. The fraction of sp³-hybridized carbons (Fsp3) is 0.667. The van der Waals surface area contributed by atoms with Crippen LogP contribution in [0.1, 0.15) is 32.4 Å². The molecule has 68 valence electrons. The molecule has 0 bridgehead atoms. The second kappa shape index (κ2) is 4.26. The van der Waals surface area contributed by atoms with Gasteiger partial charge in [-0.25, -0.2) is 0 Å². The van der Waals surface area contributed by atoms with Crippen molar-refractivity contribution < 1.29 is 0 Å². The van der Waals surface area contributed by atoms with E-state index in [-0.39, 0.29) is 0 Å². The third-order valence-corrected chi connectivity index (χ3v) is 1.76. The van der Waals surface area contributed by atoms with Gasteiger partial charge in [0.15, 0.2) is 0 Å². The molecule has 0 aliphatic carbocycles. The second-order valence-corrected chi connectivity index (χ2v) is 3.20. The van der Waals surface area contributed by atoms with Crippen LogP contribution in [0.5, 0.6) is 0 Å². The molecule has 0 atom stereocenters. The van der Waals surface area contributed by atoms with Gasteiger partial charge in [-0.1, -0.05) is 6.92 Å². The Morgan fingerprint density at radius 3 is 2.83 bits per heavy atom. The molecule has 0 aliphatic rings. The van der Waals surface area contributed by atoms with Gasteiger partial charge in [0.1, 0.15) is 0 Å². The van der Waals surface area contributed by atoms with Crippen LogP contribution in [0.2, 0.25) is 0 Å². The van der Waals surface area contributed by atoms with Gasteiger partial charge in [-0.15, -0.1) is 0 Å². The fourth-order valence-corrected chi connectivity index (χ4v) is 1.02. The van der Waals surface area contributed by atoms with Crippen molar-refractivity contribution in [2.24, 2.45) is 0 Å². The van der Waals surface area contributed by atoms with E-state index in [0.29, 0.717) is 6.04 Å². The van der Waals surface area contributed by atoms with Crippen molar-refractivity contribution in [2.75, 3.05) is 6.54 Å². The first-order valence-corrected chi connectivity index (χ1v) is 4.47. The molecule has 0 fully saturated rings. The number of hydrogen-bond acceptors (Lipinski definition) is 2. The Morgan fingerprint density at radius 2 is 2.33 bits per heavy atom. The summed E-state index contributed by atoms with van der Waals surface area (Å²) in [6, 6.07) is 0.459. The van der Waals surface area contributed by atoms with Crippen molar-refractivity contribution in [3.05, 3.63) is 18.0 Å². The average Bonchev–Trinajstić information content (AvgIpc) is 2.48. The third kappa shape index (κ3) is 2.34. The van der Waals surface area contributed by atoms with Gasteiger partial charge in [0.05, 0.1) is 6.20 Å². The van der Waals surface area contributed by atoms with Gasteiger partial charge in [0.2, 0.25) is 0 Å². The predicted octanol–water partition coefficient (Wildman–Crippen LogP) is 1.57. The highest BCUT2D eigenvalue weighted by Gasteiger charge is 1.99. The molecule has 1 aromatic rings. The van der Waals surface area contributed by atoms with Crippen molar-refractivity contribution in [1.82, 2.24) is 15.1 Å². The highest BCUT2D eigenvalue weighted by Crippen LogP contribution is 2.04. The Labute approximate surface area is 73.8 Å². The molecule has 1 N–H and O–H groups in total. The molecule has 0 saturated heterocycles. The number of hydrogen-bond donors (Lipinski definition) is 1. The summed E-state index contributed by atoms with van der Waals surface area (Å²) in [4.78, 5) is 0. The van der Waals surface area contributed by atoms with Gasteiger partial charge < -0.3 is 5.32 Å². The first kappa shape index (κ1) is 9.26. The monoisotopic (exact) mass is 167 g/mol. The van der Waals surface area contributed by atoms with Crippen LogP contribution in [-0.2, 0) is 6.54 Å². The summed E-state index contributed by atoms with van der Waals surface area (Å²) < 4.78 is 1.98. The first-order chi connectivity index (χ1) is 5.74. The van der Waals surface area contributed by atoms with E-state index in [1.807, 2.05) is 10.9 Å². The molecule has 0 aromatic carbocycles. The van der Waals surface area contributed by atoms with E-state index in [1.165, 1.54) is 5.56 Å². The standard InChI is InChI=1S/C9H17N3/c1-4-10-5-9-6-11-12(7-9)8(2)3/h6-8,10H,4-5H2,1-3H3. The summed E-state index contributed by atoms with van der Waals surface area (Å²) in [5.74, 6) is 0. The molecule has 1 aromatic heterocycles. The van der Waals surface area contributed by atoms with E-state index in [2.05, 4.69) is 37.4 Å². The molecule has 0 amide bonds. The first-order valence-electron chi connectivity index (χ1n) is 4.47. The van der Waals surface area contributed by atoms with Crippen molar-refractivity contribution >= 4 is 0 Å². The SMILES string of the molecule is CCNCc1cnn(C(C)C)c1. The van der Waals surface area contributed by atoms with Crippen LogP contribution >= 0.6 is 0 Å². The van der Waals surface area contributed by atoms with Crippen molar-refractivity contribution in [1.29, 1.82) is 0 Å². The Bertz CT molecular complexity index is 227. The quantitative estimate of drug-likeness (QED) is 0.737. The smallest absolute Gasteiger partial charge is 0.0534 e. The Balaban J connectivity index is 2.52. The van der Waals surface area contributed by atoms with Gasteiger partial charge in [0, 0.05) is 24.3 Å². The Morgan fingerprint density at radius 1 is 1.58 bits per heavy atom. The van der Waals surface area contributed by atoms with Gasteiger partial charge in [-0.2, -0.15) is 5.10 Å². The van der Waals surface area contributed by atoms with Crippen LogP contribution in [0.25, 0.3) is 0 Å². The minimum Gasteiger partial charge on any atom is -0.313 e. The van der Waals surface area contributed by atoms with Crippen molar-refractivity contribution in [2.45, 2.75) is 33.4 Å². The summed E-state index contributed by atoms with van der Waals surface area (Å²) in [6.07, 6.45) is 4.01. The minimum atomic E-state index is 0.459. The van der Waals surface area contributed by atoms with Gasteiger partial charge in [-0.05, 0) is 20.4 Å². The number of rotatable bonds is 4. The lowest BCUT2D eigenvalue weighted by molar-refractivity contribution is 0.531. The third-order valence-electron chi connectivity index (χ3n) is 1.76. The molecule has 0 unspecified atom stereocenters. The maximum Gasteiger partial charge on any atom is 0.0534 e. The molecule has 1 rings (SSSR count). The van der Waals surface area contributed by atoms with E-state index < -0.39 is 0 Å². The van der Waals surface area contributed by atoms with Crippen LogP contribution in [0.15, 0.2) is 12.4 Å². The molecule has 0 radical (unpaired) electrons. The van der Waals surface area contributed by atoms with Crippen molar-refractivity contribution in [3.8, 4) is 0 Å². The zero-order valence-electron chi connectivity index (χ0n) is 8.04. The van der Waals surface area contributed by atoms with E-state index in [1.54, 1.807) is 0 Å². The van der Waals surface area contributed by atoms with Gasteiger partial charge in [0.25, 0.3) is 0 Å². The summed E-state index contributed by atoms with van der Waals surface area (Å²) in [5.41, 5.74) is 1.26. The largest absolute Gasteiger partial charge is 0.313 e. The highest BCUT2D eigenvalue weighted by atomic mass is 15.3. The van der Waals surface area contributed by atoms with E-state index in [9.17, 15) is 0 Å². The number of aromatic nitrogens is 2. The maximum atomic E-state index is 4.25. The molecular weight excluding hydrogens is 150 g/mol. The van der Waals surface area contributed by atoms with Crippen LogP contribution in [0.3, 0.4) is 0 Å². The molecule has 1 heterocycles. The van der Waals surface area contributed by atoms with E-state index in [0.717, 1.165) is 13.1 Å². The Kier molecular flexibility index (Phi) is 3.29. The number of nitrogens with one attached hydrogen (secondary N) is 1. The van der Waals surface area contributed by atoms with Gasteiger partial charge >= 0.3 is 0 Å². The zero-order chi connectivity index (χ0) is 8.97. The Hall–Kier alpha value is -0.830. The summed E-state index contributed by atoms with van der Waals surface area (Å²) in [7, 11) is 0. The van der Waals surface area contributed by atoms with Crippen molar-refractivity contribution in [3.63, 3.8) is 0 Å². The lowest BCUT2D eigenvalue weighted by atomic mass is 10.3. The van der Waals surface area contributed by atoms with Crippen LogP contribution < -0.4 is 5.32 Å². The van der Waals surface area contributed by atoms with Crippen LogP contribution in [0.4, 0.5) is 0 Å². The maximum absolute atomic E-state index is 4.25. The molecule has 0 spiro atoms. The molecule has 0 aliphatic heterocycles. The van der Waals surface area contributed by atoms with Crippen LogP contribution in [0, 0.1) is 0 Å². The van der Waals surface area contributed by atoms with E-state index in [4.69, 9.17) is 0 Å². The lowest BCUT2D eigenvalue weighted by Gasteiger charge is -2.03. The summed E-state index contributed by atoms with van der Waals surface area (Å²) >= 11 is 0. The molecule has 12 heavy (non-hydrogen) atoms. The summed E-state index contributed by atoms with van der Waals surface area (Å²) in [6.45, 7) is 8.29.